The molecular formula is C8H9N5S. The fourth-order valence-electron chi connectivity index (χ4n) is 1.15. The maximum Gasteiger partial charge on any atom is 0.200 e. The Balaban J connectivity index is 2.96. The van der Waals surface area contributed by atoms with Crippen LogP contribution < -0.4 is 5.73 Å². The molecule has 0 aromatic carbocycles. The van der Waals surface area contributed by atoms with E-state index in [0.29, 0.717) is 15.8 Å². The SMILES string of the molecule is Cc1nc2[nH]c(N)nc(=S)c2nc1C. The molecule has 3 N–H and O–H groups in total. The number of hydrogen-bond acceptors (Lipinski definition) is 5. The number of nitrogens with zero attached hydrogens (tertiary/aromatic N) is 3. The highest BCUT2D eigenvalue weighted by molar-refractivity contribution is 7.71. The quantitative estimate of drug-likeness (QED) is 0.636. The van der Waals surface area contributed by atoms with Crippen molar-refractivity contribution in [3.8, 4) is 0 Å². The third-order valence-corrected chi connectivity index (χ3v) is 2.26. The first kappa shape index (κ1) is 9.01. The van der Waals surface area contributed by atoms with Crippen molar-refractivity contribution in [3.63, 3.8) is 0 Å². The molecule has 0 unspecified atom stereocenters. The molecule has 0 spiro atoms. The second-order valence-electron chi connectivity index (χ2n) is 3.02. The van der Waals surface area contributed by atoms with Gasteiger partial charge >= 0.3 is 0 Å². The van der Waals surface area contributed by atoms with Crippen molar-refractivity contribution >= 4 is 29.3 Å². The number of rotatable bonds is 0. The largest absolute Gasteiger partial charge is 0.369 e. The van der Waals surface area contributed by atoms with Gasteiger partial charge in [-0.3, -0.25) is 0 Å². The molecule has 0 radical (unpaired) electrons. The lowest BCUT2D eigenvalue weighted by Crippen LogP contribution is -2.01. The number of aryl methyl sites for hydroxylation is 2. The van der Waals surface area contributed by atoms with E-state index in [1.165, 1.54) is 0 Å². The smallest absolute Gasteiger partial charge is 0.200 e. The van der Waals surface area contributed by atoms with Crippen LogP contribution in [0.4, 0.5) is 5.95 Å². The average molecular weight is 207 g/mol. The molecule has 0 atom stereocenters. The Labute approximate surface area is 85.4 Å². The van der Waals surface area contributed by atoms with Crippen LogP contribution in [0.1, 0.15) is 11.4 Å². The summed E-state index contributed by atoms with van der Waals surface area (Å²) < 4.78 is 0.381. The van der Waals surface area contributed by atoms with Crippen LogP contribution in [0, 0.1) is 18.5 Å². The molecular weight excluding hydrogens is 198 g/mol. The molecule has 0 saturated carbocycles. The molecule has 2 rings (SSSR count). The van der Waals surface area contributed by atoms with Crippen LogP contribution >= 0.6 is 12.2 Å². The summed E-state index contributed by atoms with van der Waals surface area (Å²) in [5, 5.41) is 0. The zero-order chi connectivity index (χ0) is 10.3. The van der Waals surface area contributed by atoms with E-state index < -0.39 is 0 Å². The van der Waals surface area contributed by atoms with Crippen LogP contribution in [0.3, 0.4) is 0 Å². The number of aromatic nitrogens is 4. The van der Waals surface area contributed by atoms with Crippen LogP contribution in [0.2, 0.25) is 0 Å². The van der Waals surface area contributed by atoms with E-state index in [9.17, 15) is 0 Å². The molecule has 0 fully saturated rings. The van der Waals surface area contributed by atoms with Gasteiger partial charge in [-0.25, -0.2) is 15.0 Å². The van der Waals surface area contributed by atoms with E-state index in [1.807, 2.05) is 13.8 Å². The van der Waals surface area contributed by atoms with E-state index in [4.69, 9.17) is 18.0 Å². The minimum atomic E-state index is 0.264. The van der Waals surface area contributed by atoms with Gasteiger partial charge in [-0.2, -0.15) is 0 Å². The van der Waals surface area contributed by atoms with Gasteiger partial charge in [0.05, 0.1) is 11.4 Å². The predicted octanol–water partition coefficient (Wildman–Crippen LogP) is 1.28. The molecule has 2 aromatic rings. The molecule has 2 aromatic heterocycles. The van der Waals surface area contributed by atoms with Gasteiger partial charge in [0, 0.05) is 0 Å². The summed E-state index contributed by atoms with van der Waals surface area (Å²) >= 11 is 5.03. The fraction of sp³-hybridized carbons (Fsp3) is 0.250. The monoisotopic (exact) mass is 207 g/mol. The number of fused-ring (bicyclic) bond motifs is 1. The van der Waals surface area contributed by atoms with E-state index >= 15 is 0 Å². The number of nitrogen functional groups attached to an aromatic ring is 1. The van der Waals surface area contributed by atoms with E-state index in [0.717, 1.165) is 11.4 Å². The average Bonchev–Trinajstić information content (AvgIpc) is 2.08. The topological polar surface area (TPSA) is 80.5 Å². The molecule has 0 saturated heterocycles. The van der Waals surface area contributed by atoms with Gasteiger partial charge < -0.3 is 10.7 Å². The molecule has 2 heterocycles. The second kappa shape index (κ2) is 2.98. The van der Waals surface area contributed by atoms with Gasteiger partial charge in [0.15, 0.2) is 10.3 Å². The first-order valence-electron chi connectivity index (χ1n) is 4.08. The molecule has 72 valence electrons. The van der Waals surface area contributed by atoms with E-state index in [2.05, 4.69) is 19.9 Å². The number of anilines is 1. The van der Waals surface area contributed by atoms with Gasteiger partial charge in [0.2, 0.25) is 5.95 Å². The van der Waals surface area contributed by atoms with Gasteiger partial charge in [-0.05, 0) is 13.8 Å². The number of H-pyrrole nitrogens is 1. The lowest BCUT2D eigenvalue weighted by atomic mass is 10.3. The first-order chi connectivity index (χ1) is 6.58. The number of aromatic amines is 1. The maximum absolute atomic E-state index is 5.51. The van der Waals surface area contributed by atoms with Gasteiger partial charge in [-0.1, -0.05) is 12.2 Å². The molecule has 6 heteroatoms. The third kappa shape index (κ3) is 1.33. The van der Waals surface area contributed by atoms with Crippen LogP contribution in [-0.4, -0.2) is 19.9 Å². The van der Waals surface area contributed by atoms with Crippen LogP contribution in [-0.2, 0) is 0 Å². The number of hydrogen-bond donors (Lipinski definition) is 2. The van der Waals surface area contributed by atoms with Gasteiger partial charge in [0.25, 0.3) is 0 Å². The molecule has 5 nitrogen and oxygen atoms in total. The highest BCUT2D eigenvalue weighted by Crippen LogP contribution is 2.11. The Morgan fingerprint density at radius 3 is 2.50 bits per heavy atom. The maximum atomic E-state index is 5.51. The predicted molar refractivity (Wildman–Crippen MR) is 56.4 cm³/mol. The van der Waals surface area contributed by atoms with Crippen molar-refractivity contribution in [2.24, 2.45) is 0 Å². The molecule has 14 heavy (non-hydrogen) atoms. The van der Waals surface area contributed by atoms with Crippen LogP contribution in [0.25, 0.3) is 11.2 Å². The summed E-state index contributed by atoms with van der Waals surface area (Å²) in [4.78, 5) is 15.3. The van der Waals surface area contributed by atoms with Crippen molar-refractivity contribution in [2.75, 3.05) is 5.73 Å². The molecule has 0 aliphatic carbocycles. The Kier molecular flexibility index (Phi) is 1.92. The van der Waals surface area contributed by atoms with Crippen molar-refractivity contribution in [1.82, 2.24) is 19.9 Å². The van der Waals surface area contributed by atoms with E-state index in [1.54, 1.807) is 0 Å². The van der Waals surface area contributed by atoms with Crippen LogP contribution in [0.15, 0.2) is 0 Å². The molecule has 0 bridgehead atoms. The summed E-state index contributed by atoms with van der Waals surface area (Å²) in [7, 11) is 0. The number of nitrogens with two attached hydrogens (primary N) is 1. The molecule has 0 aliphatic heterocycles. The van der Waals surface area contributed by atoms with Crippen molar-refractivity contribution in [1.29, 1.82) is 0 Å². The van der Waals surface area contributed by atoms with Gasteiger partial charge in [0.1, 0.15) is 5.52 Å². The van der Waals surface area contributed by atoms with Crippen molar-refractivity contribution in [3.05, 3.63) is 16.0 Å². The summed E-state index contributed by atoms with van der Waals surface area (Å²) in [6.07, 6.45) is 0. The zero-order valence-electron chi connectivity index (χ0n) is 7.83. The van der Waals surface area contributed by atoms with Gasteiger partial charge in [-0.15, -0.1) is 0 Å². The lowest BCUT2D eigenvalue weighted by molar-refractivity contribution is 1.06. The van der Waals surface area contributed by atoms with Crippen molar-refractivity contribution in [2.45, 2.75) is 13.8 Å². The normalized spacial score (nSPS) is 10.7. The molecule has 0 aliphatic rings. The van der Waals surface area contributed by atoms with Crippen LogP contribution in [0.5, 0.6) is 0 Å². The fourth-order valence-corrected chi connectivity index (χ4v) is 1.39. The summed E-state index contributed by atoms with van der Waals surface area (Å²) in [6, 6.07) is 0. The highest BCUT2D eigenvalue weighted by atomic mass is 32.1. The minimum absolute atomic E-state index is 0.264. The second-order valence-corrected chi connectivity index (χ2v) is 3.41. The lowest BCUT2D eigenvalue weighted by Gasteiger charge is -2.02. The first-order valence-corrected chi connectivity index (χ1v) is 4.49. The highest BCUT2D eigenvalue weighted by Gasteiger charge is 2.04. The summed E-state index contributed by atoms with van der Waals surface area (Å²) in [5.74, 6) is 0.264. The third-order valence-electron chi connectivity index (χ3n) is 1.98. The Bertz CT molecular complexity index is 559. The molecule has 0 amide bonds. The Morgan fingerprint density at radius 2 is 1.79 bits per heavy atom. The van der Waals surface area contributed by atoms with E-state index in [-0.39, 0.29) is 5.95 Å². The number of nitrogens with one attached hydrogen (secondary N) is 1. The Morgan fingerprint density at radius 1 is 1.14 bits per heavy atom. The zero-order valence-corrected chi connectivity index (χ0v) is 8.64. The standard InChI is InChI=1S/C8H9N5S/c1-3-4(2)11-6-5(10-3)7(14)13-8(9)12-6/h1-2H3,(H3,9,11,12,13,14). The summed E-state index contributed by atoms with van der Waals surface area (Å²) in [6.45, 7) is 3.77. The Hall–Kier alpha value is -1.56. The summed E-state index contributed by atoms with van der Waals surface area (Å²) in [5.41, 5.74) is 8.40. The minimum Gasteiger partial charge on any atom is -0.369 e. The van der Waals surface area contributed by atoms with Crippen molar-refractivity contribution < 1.29 is 0 Å².